The second-order valence-corrected chi connectivity index (χ2v) is 7.99. The monoisotopic (exact) mass is 512 g/mol. The van der Waals surface area contributed by atoms with E-state index in [0.29, 0.717) is 61.5 Å². The Labute approximate surface area is 213 Å². The minimum atomic E-state index is -0.913. The lowest BCUT2D eigenvalue weighted by Crippen LogP contribution is -2.43. The maximum Gasteiger partial charge on any atom is 0.329 e. The number of morpholine rings is 1. The fourth-order valence-corrected chi connectivity index (χ4v) is 3.57. The summed E-state index contributed by atoms with van der Waals surface area (Å²) in [5.41, 5.74) is 3.54. The van der Waals surface area contributed by atoms with Crippen LogP contribution in [-0.2, 0) is 25.7 Å². The number of amides is 3. The molecular weight excluding hydrogens is 484 g/mol. The van der Waals surface area contributed by atoms with Crippen molar-refractivity contribution >= 4 is 23.9 Å². The molecule has 196 valence electrons. The van der Waals surface area contributed by atoms with Gasteiger partial charge in [-0.05, 0) is 48.4 Å². The molecule has 4 rings (SSSR count). The molecule has 0 saturated carbocycles. The Hall–Kier alpha value is -4.32. The summed E-state index contributed by atoms with van der Waals surface area (Å²) in [4.78, 5) is 38.2. The van der Waals surface area contributed by atoms with Crippen LogP contribution in [0.3, 0.4) is 0 Å². The Morgan fingerprint density at radius 3 is 2.62 bits per heavy atom. The van der Waals surface area contributed by atoms with Crippen molar-refractivity contribution in [2.45, 2.75) is 13.5 Å². The molecule has 3 amide bonds. The van der Waals surface area contributed by atoms with Crippen LogP contribution in [0.25, 0.3) is 0 Å². The number of fused-ring (bicyclic) bond motifs is 1. The van der Waals surface area contributed by atoms with E-state index in [-0.39, 0.29) is 25.9 Å². The molecule has 0 aliphatic carbocycles. The van der Waals surface area contributed by atoms with Gasteiger partial charge in [0.2, 0.25) is 6.79 Å². The topological polar surface area (TPSA) is 137 Å². The van der Waals surface area contributed by atoms with Gasteiger partial charge < -0.3 is 33.9 Å². The molecule has 0 atom stereocenters. The van der Waals surface area contributed by atoms with E-state index in [4.69, 9.17) is 23.7 Å². The van der Waals surface area contributed by atoms with Crippen LogP contribution >= 0.6 is 0 Å². The largest absolute Gasteiger partial charge is 0.490 e. The van der Waals surface area contributed by atoms with E-state index >= 15 is 0 Å². The molecule has 2 N–H and O–H groups in total. The first-order valence-corrected chi connectivity index (χ1v) is 11.8. The van der Waals surface area contributed by atoms with Crippen LogP contribution in [-0.4, -0.2) is 75.1 Å². The van der Waals surface area contributed by atoms with Gasteiger partial charge in [0.05, 0.1) is 26.0 Å². The van der Waals surface area contributed by atoms with Crippen molar-refractivity contribution in [2.24, 2.45) is 5.10 Å². The van der Waals surface area contributed by atoms with Gasteiger partial charge in [-0.2, -0.15) is 5.10 Å². The third-order valence-corrected chi connectivity index (χ3v) is 5.46. The maximum atomic E-state index is 12.3. The molecule has 2 aliphatic rings. The van der Waals surface area contributed by atoms with E-state index in [1.54, 1.807) is 41.3 Å². The highest BCUT2D eigenvalue weighted by molar-refractivity contribution is 6.35. The summed E-state index contributed by atoms with van der Waals surface area (Å²) >= 11 is 0. The van der Waals surface area contributed by atoms with Crippen molar-refractivity contribution in [3.05, 3.63) is 47.5 Å². The average molecular weight is 513 g/mol. The molecule has 0 unspecified atom stereocenters. The molecule has 12 nitrogen and oxygen atoms in total. The number of carbonyl (C=O) groups excluding carboxylic acids is 3. The van der Waals surface area contributed by atoms with Crippen LogP contribution in [0, 0.1) is 0 Å². The quantitative estimate of drug-likeness (QED) is 0.286. The second kappa shape index (κ2) is 12.6. The van der Waals surface area contributed by atoms with Crippen LogP contribution in [0.4, 0.5) is 0 Å². The molecule has 2 aliphatic heterocycles. The van der Waals surface area contributed by atoms with Crippen LogP contribution in [0.2, 0.25) is 0 Å². The summed E-state index contributed by atoms with van der Waals surface area (Å²) < 4.78 is 27.1. The van der Waals surface area contributed by atoms with Gasteiger partial charge >= 0.3 is 11.8 Å². The van der Waals surface area contributed by atoms with Gasteiger partial charge in [-0.25, -0.2) is 5.43 Å². The number of ether oxygens (including phenoxy) is 5. The Bertz CT molecular complexity index is 1160. The van der Waals surface area contributed by atoms with Gasteiger partial charge in [0.25, 0.3) is 5.91 Å². The van der Waals surface area contributed by atoms with Crippen molar-refractivity contribution in [1.29, 1.82) is 0 Å². The molecule has 1 fully saturated rings. The third-order valence-electron chi connectivity index (χ3n) is 5.46. The third kappa shape index (κ3) is 7.10. The zero-order valence-electron chi connectivity index (χ0n) is 20.4. The smallest absolute Gasteiger partial charge is 0.329 e. The van der Waals surface area contributed by atoms with E-state index in [1.165, 1.54) is 6.21 Å². The van der Waals surface area contributed by atoms with Gasteiger partial charge in [-0.1, -0.05) is 6.07 Å². The van der Waals surface area contributed by atoms with Gasteiger partial charge in [0.15, 0.2) is 29.6 Å². The number of carbonyl (C=O) groups is 3. The highest BCUT2D eigenvalue weighted by Crippen LogP contribution is 2.32. The highest BCUT2D eigenvalue weighted by Gasteiger charge is 2.18. The van der Waals surface area contributed by atoms with Crippen molar-refractivity contribution in [2.75, 3.05) is 46.3 Å². The predicted octanol–water partition coefficient (Wildman–Crippen LogP) is 0.818. The average Bonchev–Trinajstić information content (AvgIpc) is 3.39. The number of nitrogens with one attached hydrogen (secondary N) is 2. The molecule has 2 heterocycles. The summed E-state index contributed by atoms with van der Waals surface area (Å²) in [5.74, 6) is 0.183. The molecule has 0 bridgehead atoms. The molecular formula is C25H28N4O8. The number of benzene rings is 2. The minimum Gasteiger partial charge on any atom is -0.490 e. The molecule has 12 heteroatoms. The van der Waals surface area contributed by atoms with Crippen molar-refractivity contribution in [3.8, 4) is 23.0 Å². The van der Waals surface area contributed by atoms with Crippen LogP contribution in [0.1, 0.15) is 18.1 Å². The first kappa shape index (κ1) is 25.8. The normalized spacial score (nSPS) is 14.4. The van der Waals surface area contributed by atoms with Gasteiger partial charge in [0.1, 0.15) is 0 Å². The van der Waals surface area contributed by atoms with E-state index in [1.807, 2.05) is 6.92 Å². The van der Waals surface area contributed by atoms with Gasteiger partial charge in [0, 0.05) is 19.6 Å². The molecule has 2 aromatic carbocycles. The maximum absolute atomic E-state index is 12.3. The van der Waals surface area contributed by atoms with Crippen molar-refractivity contribution in [1.82, 2.24) is 15.6 Å². The molecule has 0 radical (unpaired) electrons. The molecule has 0 aromatic heterocycles. The zero-order valence-corrected chi connectivity index (χ0v) is 20.4. The lowest BCUT2D eigenvalue weighted by Gasteiger charge is -2.26. The summed E-state index contributed by atoms with van der Waals surface area (Å²) in [7, 11) is 0. The second-order valence-electron chi connectivity index (χ2n) is 7.99. The standard InChI is InChI=1S/C25H28N4O8/c1-2-34-21-12-18(4-5-19(21)35-15-23(30)29-7-9-33-10-8-29)14-27-28-25(32)24(31)26-13-17-3-6-20-22(11-17)37-16-36-20/h3-6,11-12,14H,2,7-10,13,15-16H2,1H3,(H,26,31)(H,28,32)/b27-14+. The van der Waals surface area contributed by atoms with E-state index in [2.05, 4.69) is 15.8 Å². The Balaban J connectivity index is 1.26. The van der Waals surface area contributed by atoms with Crippen LogP contribution in [0.15, 0.2) is 41.5 Å². The number of hydrogen-bond donors (Lipinski definition) is 2. The molecule has 2 aromatic rings. The Morgan fingerprint density at radius 2 is 1.81 bits per heavy atom. The summed E-state index contributed by atoms with van der Waals surface area (Å²) in [6.07, 6.45) is 1.37. The molecule has 1 saturated heterocycles. The first-order chi connectivity index (χ1) is 18.0. The minimum absolute atomic E-state index is 0.120. The number of hydrogen-bond acceptors (Lipinski definition) is 9. The SMILES string of the molecule is CCOc1cc(/C=N/NC(=O)C(=O)NCc2ccc3c(c2)OCO3)ccc1OCC(=O)N1CCOCC1. The van der Waals surface area contributed by atoms with E-state index in [9.17, 15) is 14.4 Å². The number of nitrogens with zero attached hydrogens (tertiary/aromatic N) is 2. The molecule has 0 spiro atoms. The Kier molecular flexibility index (Phi) is 8.76. The zero-order chi connectivity index (χ0) is 26.0. The van der Waals surface area contributed by atoms with Crippen molar-refractivity contribution < 1.29 is 38.1 Å². The van der Waals surface area contributed by atoms with Crippen molar-refractivity contribution in [3.63, 3.8) is 0 Å². The summed E-state index contributed by atoms with van der Waals surface area (Å²) in [6.45, 7) is 4.49. The summed E-state index contributed by atoms with van der Waals surface area (Å²) in [6, 6.07) is 10.2. The number of hydrazone groups is 1. The van der Waals surface area contributed by atoms with Gasteiger partial charge in [-0.3, -0.25) is 14.4 Å². The lowest BCUT2D eigenvalue weighted by molar-refractivity contribution is -0.139. The fourth-order valence-electron chi connectivity index (χ4n) is 3.57. The predicted molar refractivity (Wildman–Crippen MR) is 131 cm³/mol. The lowest BCUT2D eigenvalue weighted by atomic mass is 10.2. The van der Waals surface area contributed by atoms with Crippen LogP contribution < -0.4 is 29.7 Å². The van der Waals surface area contributed by atoms with Crippen LogP contribution in [0.5, 0.6) is 23.0 Å². The number of rotatable bonds is 9. The highest BCUT2D eigenvalue weighted by atomic mass is 16.7. The fraction of sp³-hybridized carbons (Fsp3) is 0.360. The Morgan fingerprint density at radius 1 is 1.00 bits per heavy atom. The summed E-state index contributed by atoms with van der Waals surface area (Å²) in [5, 5.41) is 6.36. The van der Waals surface area contributed by atoms with E-state index < -0.39 is 11.8 Å². The van der Waals surface area contributed by atoms with Gasteiger partial charge in [-0.15, -0.1) is 0 Å². The molecule has 37 heavy (non-hydrogen) atoms. The van der Waals surface area contributed by atoms with E-state index in [0.717, 1.165) is 5.56 Å². The first-order valence-electron chi connectivity index (χ1n) is 11.8.